The van der Waals surface area contributed by atoms with E-state index >= 15 is 0 Å². The van der Waals surface area contributed by atoms with Crippen molar-refractivity contribution in [3.05, 3.63) is 59.8 Å². The number of nitrogens with zero attached hydrogens (tertiary/aromatic N) is 1. The van der Waals surface area contributed by atoms with E-state index in [0.29, 0.717) is 23.0 Å². The van der Waals surface area contributed by atoms with Crippen molar-refractivity contribution in [1.29, 1.82) is 0 Å². The fourth-order valence-corrected chi connectivity index (χ4v) is 1.57. The minimum atomic E-state index is 0.293. The first-order chi connectivity index (χ1) is 8.27. The molecule has 0 bridgehead atoms. The first kappa shape index (κ1) is 11.5. The molecule has 0 aliphatic rings. The summed E-state index contributed by atoms with van der Waals surface area (Å²) in [4.78, 5) is 4.42. The van der Waals surface area contributed by atoms with E-state index in [0.717, 1.165) is 5.56 Å². The summed E-state index contributed by atoms with van der Waals surface area (Å²) in [6.45, 7) is 0.452. The van der Waals surface area contributed by atoms with Crippen LogP contribution in [0.1, 0.15) is 11.1 Å². The first-order valence-corrected chi connectivity index (χ1v) is 5.60. The Balaban J connectivity index is 2.12. The zero-order valence-corrected chi connectivity index (χ0v) is 9.98. The normalized spacial score (nSPS) is 9.88. The number of nitrogens with two attached hydrogens (primary N) is 1. The summed E-state index contributed by atoms with van der Waals surface area (Å²) in [6, 6.07) is 13.5. The molecule has 0 unspecified atom stereocenters. The Kier molecular flexibility index (Phi) is 3.67. The lowest BCUT2D eigenvalue weighted by atomic mass is 10.2. The van der Waals surface area contributed by atoms with Crippen molar-refractivity contribution in [1.82, 2.24) is 4.98 Å². The molecule has 0 aliphatic carbocycles. The highest BCUT2D eigenvalue weighted by atomic mass is 32.1. The number of benzene rings is 1. The molecule has 0 spiro atoms. The summed E-state index contributed by atoms with van der Waals surface area (Å²) < 4.78 is 5.61. The molecule has 0 saturated heterocycles. The van der Waals surface area contributed by atoms with E-state index in [1.54, 1.807) is 18.3 Å². The summed E-state index contributed by atoms with van der Waals surface area (Å²) in [5.74, 6) is 0.476. The van der Waals surface area contributed by atoms with E-state index in [2.05, 4.69) is 4.98 Å². The highest BCUT2D eigenvalue weighted by Crippen LogP contribution is 2.15. The molecule has 0 atom stereocenters. The van der Waals surface area contributed by atoms with Crippen molar-refractivity contribution in [3.63, 3.8) is 0 Å². The van der Waals surface area contributed by atoms with E-state index in [4.69, 9.17) is 22.7 Å². The van der Waals surface area contributed by atoms with Crippen LogP contribution in [0.25, 0.3) is 0 Å². The Hall–Kier alpha value is -1.94. The largest absolute Gasteiger partial charge is 0.472 e. The molecule has 2 rings (SSSR count). The van der Waals surface area contributed by atoms with Gasteiger partial charge in [0.05, 0.1) is 5.56 Å². The fourth-order valence-electron chi connectivity index (χ4n) is 1.42. The van der Waals surface area contributed by atoms with Crippen LogP contribution in [0, 0.1) is 0 Å². The highest BCUT2D eigenvalue weighted by molar-refractivity contribution is 7.80. The molecule has 17 heavy (non-hydrogen) atoms. The van der Waals surface area contributed by atoms with Crippen LogP contribution in [0.15, 0.2) is 48.7 Å². The van der Waals surface area contributed by atoms with E-state index in [-0.39, 0.29) is 0 Å². The number of pyridine rings is 1. The quantitative estimate of drug-likeness (QED) is 0.838. The van der Waals surface area contributed by atoms with Crippen molar-refractivity contribution < 1.29 is 4.74 Å². The number of ether oxygens (including phenoxy) is 1. The fraction of sp³-hybridized carbons (Fsp3) is 0.0769. The zero-order valence-electron chi connectivity index (χ0n) is 9.17. The van der Waals surface area contributed by atoms with Gasteiger partial charge in [0.1, 0.15) is 11.6 Å². The van der Waals surface area contributed by atoms with Crippen LogP contribution in [0.4, 0.5) is 0 Å². The molecular formula is C13H12N2OS. The van der Waals surface area contributed by atoms with Gasteiger partial charge in [-0.3, -0.25) is 0 Å². The first-order valence-electron chi connectivity index (χ1n) is 5.19. The Morgan fingerprint density at radius 1 is 1.18 bits per heavy atom. The van der Waals surface area contributed by atoms with Gasteiger partial charge in [-0.05, 0) is 17.7 Å². The molecular weight excluding hydrogens is 232 g/mol. The van der Waals surface area contributed by atoms with Crippen molar-refractivity contribution in [2.24, 2.45) is 5.73 Å². The molecule has 86 valence electrons. The maximum Gasteiger partial charge on any atom is 0.224 e. The van der Waals surface area contributed by atoms with Gasteiger partial charge < -0.3 is 10.5 Å². The molecule has 1 aromatic carbocycles. The molecule has 2 N–H and O–H groups in total. The van der Waals surface area contributed by atoms with Crippen LogP contribution in [0.2, 0.25) is 0 Å². The van der Waals surface area contributed by atoms with E-state index in [9.17, 15) is 0 Å². The van der Waals surface area contributed by atoms with Crippen molar-refractivity contribution >= 4 is 17.2 Å². The highest BCUT2D eigenvalue weighted by Gasteiger charge is 2.06. The Morgan fingerprint density at radius 2 is 1.94 bits per heavy atom. The van der Waals surface area contributed by atoms with Crippen molar-refractivity contribution in [2.45, 2.75) is 6.61 Å². The lowest BCUT2D eigenvalue weighted by Crippen LogP contribution is -2.12. The van der Waals surface area contributed by atoms with Crippen LogP contribution in [0.3, 0.4) is 0 Å². The third-order valence-electron chi connectivity index (χ3n) is 2.25. The summed E-state index contributed by atoms with van der Waals surface area (Å²) in [5, 5.41) is 0. The topological polar surface area (TPSA) is 48.1 Å². The lowest BCUT2D eigenvalue weighted by molar-refractivity contribution is 0.293. The predicted molar refractivity (Wildman–Crippen MR) is 70.9 cm³/mol. The summed E-state index contributed by atoms with van der Waals surface area (Å²) in [7, 11) is 0. The second kappa shape index (κ2) is 5.41. The SMILES string of the molecule is NC(=S)c1cccnc1OCc1ccccc1. The van der Waals surface area contributed by atoms with Crippen LogP contribution in [-0.2, 0) is 6.61 Å². The number of rotatable bonds is 4. The molecule has 0 fully saturated rings. The summed E-state index contributed by atoms with van der Waals surface area (Å²) in [6.07, 6.45) is 1.65. The smallest absolute Gasteiger partial charge is 0.224 e. The number of thiocarbonyl (C=S) groups is 1. The number of hydrogen-bond acceptors (Lipinski definition) is 3. The molecule has 1 heterocycles. The monoisotopic (exact) mass is 244 g/mol. The van der Waals surface area contributed by atoms with Crippen LogP contribution in [0.5, 0.6) is 5.88 Å². The molecule has 1 aromatic heterocycles. The Labute approximate surface area is 105 Å². The van der Waals surface area contributed by atoms with Crippen molar-refractivity contribution in [2.75, 3.05) is 0 Å². The van der Waals surface area contributed by atoms with Gasteiger partial charge in [0.2, 0.25) is 5.88 Å². The molecule has 2 aromatic rings. The zero-order chi connectivity index (χ0) is 12.1. The minimum Gasteiger partial charge on any atom is -0.472 e. The van der Waals surface area contributed by atoms with Crippen LogP contribution < -0.4 is 10.5 Å². The Bertz CT molecular complexity index is 514. The van der Waals surface area contributed by atoms with Gasteiger partial charge in [-0.15, -0.1) is 0 Å². The second-order valence-corrected chi connectivity index (χ2v) is 3.93. The average molecular weight is 244 g/mol. The minimum absolute atomic E-state index is 0.293. The number of aromatic nitrogens is 1. The molecule has 3 nitrogen and oxygen atoms in total. The Morgan fingerprint density at radius 3 is 2.65 bits per heavy atom. The molecule has 0 radical (unpaired) electrons. The molecule has 0 aliphatic heterocycles. The standard InChI is InChI=1S/C13H12N2OS/c14-12(17)11-7-4-8-15-13(11)16-9-10-5-2-1-3-6-10/h1-8H,9H2,(H2,14,17). The van der Waals surface area contributed by atoms with Crippen LogP contribution >= 0.6 is 12.2 Å². The van der Waals surface area contributed by atoms with Gasteiger partial charge >= 0.3 is 0 Å². The third-order valence-corrected chi connectivity index (χ3v) is 2.47. The van der Waals surface area contributed by atoms with Gasteiger partial charge in [-0.2, -0.15) is 0 Å². The van der Waals surface area contributed by atoms with E-state index < -0.39 is 0 Å². The molecule has 0 saturated carbocycles. The van der Waals surface area contributed by atoms with E-state index in [1.165, 1.54) is 0 Å². The summed E-state index contributed by atoms with van der Waals surface area (Å²) in [5.41, 5.74) is 7.34. The van der Waals surface area contributed by atoms with Crippen molar-refractivity contribution in [3.8, 4) is 5.88 Å². The van der Waals surface area contributed by atoms with Gasteiger partial charge in [-0.25, -0.2) is 4.98 Å². The van der Waals surface area contributed by atoms with Gasteiger partial charge in [0.25, 0.3) is 0 Å². The second-order valence-electron chi connectivity index (χ2n) is 3.49. The van der Waals surface area contributed by atoms with Crippen LogP contribution in [-0.4, -0.2) is 9.97 Å². The maximum atomic E-state index is 5.61. The van der Waals surface area contributed by atoms with E-state index in [1.807, 2.05) is 30.3 Å². The molecule has 4 heteroatoms. The number of hydrogen-bond donors (Lipinski definition) is 1. The maximum absolute atomic E-state index is 5.61. The third kappa shape index (κ3) is 3.01. The summed E-state index contributed by atoms with van der Waals surface area (Å²) >= 11 is 4.94. The lowest BCUT2D eigenvalue weighted by Gasteiger charge is -2.08. The average Bonchev–Trinajstić information content (AvgIpc) is 2.38. The van der Waals surface area contributed by atoms with Gasteiger partial charge in [-0.1, -0.05) is 42.5 Å². The van der Waals surface area contributed by atoms with Gasteiger partial charge in [0, 0.05) is 6.20 Å². The molecule has 0 amide bonds. The van der Waals surface area contributed by atoms with Gasteiger partial charge in [0.15, 0.2) is 0 Å². The predicted octanol–water partition coefficient (Wildman–Crippen LogP) is 2.29.